The molecule has 0 saturated carbocycles. The molecule has 1 aromatic rings. The Morgan fingerprint density at radius 1 is 1.05 bits per heavy atom. The number of ether oxygens (including phenoxy) is 1. The highest BCUT2D eigenvalue weighted by Gasteiger charge is 2.27. The van der Waals surface area contributed by atoms with Crippen molar-refractivity contribution in [3.63, 3.8) is 0 Å². The quantitative estimate of drug-likeness (QED) is 0.284. The van der Waals surface area contributed by atoms with Gasteiger partial charge in [0.1, 0.15) is 6.10 Å². The molecule has 0 aliphatic heterocycles. The first-order valence-corrected chi connectivity index (χ1v) is 5.39. The molecule has 0 aliphatic rings. The number of halogens is 5. The van der Waals surface area contributed by atoms with Crippen molar-refractivity contribution in [3.8, 4) is 5.75 Å². The lowest BCUT2D eigenvalue weighted by molar-refractivity contribution is 0.190. The van der Waals surface area contributed by atoms with Gasteiger partial charge in [0.2, 0.25) is 29.1 Å². The third-order valence-corrected chi connectivity index (χ3v) is 2.21. The standard InChI is InChI=1S/C12H12F5NO/c1-3-4-18-5-6(2)19-12-10(16)8(14)7(13)9(15)11(12)17/h3,6,18H,1,4-5H2,2H3. The Kier molecular flexibility index (Phi) is 5.29. The summed E-state index contributed by atoms with van der Waals surface area (Å²) in [6.07, 6.45) is 0.763. The van der Waals surface area contributed by atoms with Crippen LogP contribution >= 0.6 is 0 Å². The highest BCUT2D eigenvalue weighted by molar-refractivity contribution is 5.29. The molecule has 0 fully saturated rings. The van der Waals surface area contributed by atoms with Crippen LogP contribution in [0.25, 0.3) is 0 Å². The van der Waals surface area contributed by atoms with Gasteiger partial charge in [0, 0.05) is 13.1 Å². The number of nitrogens with one attached hydrogen (secondary N) is 1. The Morgan fingerprint density at radius 2 is 1.53 bits per heavy atom. The van der Waals surface area contributed by atoms with Crippen LogP contribution in [0.4, 0.5) is 22.0 Å². The lowest BCUT2D eigenvalue weighted by Gasteiger charge is -2.16. The van der Waals surface area contributed by atoms with Crippen molar-refractivity contribution in [2.75, 3.05) is 13.1 Å². The van der Waals surface area contributed by atoms with E-state index in [1.807, 2.05) is 0 Å². The smallest absolute Gasteiger partial charge is 0.207 e. The molecule has 1 unspecified atom stereocenters. The van der Waals surface area contributed by atoms with E-state index in [1.165, 1.54) is 6.92 Å². The molecule has 0 spiro atoms. The Hall–Kier alpha value is -1.63. The van der Waals surface area contributed by atoms with Gasteiger partial charge in [-0.15, -0.1) is 6.58 Å². The summed E-state index contributed by atoms with van der Waals surface area (Å²) in [6, 6.07) is 0. The van der Waals surface area contributed by atoms with Crippen molar-refractivity contribution in [2.45, 2.75) is 13.0 Å². The normalized spacial score (nSPS) is 12.3. The van der Waals surface area contributed by atoms with Gasteiger partial charge < -0.3 is 10.1 Å². The molecule has 7 heteroatoms. The zero-order chi connectivity index (χ0) is 14.6. The minimum Gasteiger partial charge on any atom is -0.483 e. The van der Waals surface area contributed by atoms with E-state index >= 15 is 0 Å². The first-order chi connectivity index (χ1) is 8.90. The summed E-state index contributed by atoms with van der Waals surface area (Å²) in [5.74, 6) is -11.5. The highest BCUT2D eigenvalue weighted by Crippen LogP contribution is 2.29. The van der Waals surface area contributed by atoms with Gasteiger partial charge >= 0.3 is 0 Å². The summed E-state index contributed by atoms with van der Waals surface area (Å²) in [5, 5.41) is 2.79. The summed E-state index contributed by atoms with van der Waals surface area (Å²) in [6.45, 7) is 5.44. The van der Waals surface area contributed by atoms with Crippen LogP contribution in [0, 0.1) is 29.1 Å². The minimum atomic E-state index is -2.21. The van der Waals surface area contributed by atoms with Crippen molar-refractivity contribution < 1.29 is 26.7 Å². The molecule has 0 saturated heterocycles. The average molecular weight is 281 g/mol. The van der Waals surface area contributed by atoms with Crippen molar-refractivity contribution >= 4 is 0 Å². The molecule has 0 aromatic heterocycles. The molecule has 0 radical (unpaired) electrons. The van der Waals surface area contributed by atoms with Crippen LogP contribution in [-0.2, 0) is 0 Å². The fourth-order valence-electron chi connectivity index (χ4n) is 1.32. The van der Waals surface area contributed by atoms with E-state index in [0.717, 1.165) is 0 Å². The van der Waals surface area contributed by atoms with Crippen LogP contribution in [0.1, 0.15) is 6.92 Å². The monoisotopic (exact) mass is 281 g/mol. The van der Waals surface area contributed by atoms with Crippen LogP contribution in [0.3, 0.4) is 0 Å². The molecule has 1 rings (SSSR count). The molecule has 0 bridgehead atoms. The van der Waals surface area contributed by atoms with Gasteiger partial charge in [0.05, 0.1) is 0 Å². The van der Waals surface area contributed by atoms with Crippen molar-refractivity contribution in [1.82, 2.24) is 5.32 Å². The maximum atomic E-state index is 13.3. The largest absolute Gasteiger partial charge is 0.483 e. The van der Waals surface area contributed by atoms with Gasteiger partial charge in [0.15, 0.2) is 5.75 Å². The third kappa shape index (κ3) is 3.44. The van der Waals surface area contributed by atoms with Crippen molar-refractivity contribution in [2.24, 2.45) is 0 Å². The fourth-order valence-corrected chi connectivity index (χ4v) is 1.32. The molecular formula is C12H12F5NO. The number of hydrogen-bond donors (Lipinski definition) is 1. The molecular weight excluding hydrogens is 269 g/mol. The maximum absolute atomic E-state index is 13.3. The van der Waals surface area contributed by atoms with Gasteiger partial charge in [0.25, 0.3) is 0 Å². The molecule has 0 heterocycles. The summed E-state index contributed by atoms with van der Waals surface area (Å²) >= 11 is 0. The Labute approximate surface area is 106 Å². The second kappa shape index (κ2) is 6.51. The molecule has 1 aromatic carbocycles. The number of hydrogen-bond acceptors (Lipinski definition) is 2. The summed E-state index contributed by atoms with van der Waals surface area (Å²) in [4.78, 5) is 0. The van der Waals surface area contributed by atoms with E-state index in [9.17, 15) is 22.0 Å². The molecule has 106 valence electrons. The first kappa shape index (κ1) is 15.4. The van der Waals surface area contributed by atoms with Gasteiger partial charge in [-0.3, -0.25) is 0 Å². The van der Waals surface area contributed by atoms with E-state index < -0.39 is 40.9 Å². The lowest BCUT2D eigenvalue weighted by Crippen LogP contribution is -2.29. The molecule has 1 atom stereocenters. The SMILES string of the molecule is C=CCNCC(C)Oc1c(F)c(F)c(F)c(F)c1F. The molecule has 1 N–H and O–H groups in total. The van der Waals surface area contributed by atoms with Crippen LogP contribution in [0.5, 0.6) is 5.75 Å². The zero-order valence-electron chi connectivity index (χ0n) is 10.1. The molecule has 2 nitrogen and oxygen atoms in total. The highest BCUT2D eigenvalue weighted by atomic mass is 19.2. The van der Waals surface area contributed by atoms with Gasteiger partial charge in [-0.25, -0.2) is 13.2 Å². The van der Waals surface area contributed by atoms with Crippen LogP contribution in [-0.4, -0.2) is 19.2 Å². The predicted octanol–water partition coefficient (Wildman–Crippen LogP) is 2.93. The summed E-state index contributed by atoms with van der Waals surface area (Å²) < 4.78 is 69.8. The first-order valence-electron chi connectivity index (χ1n) is 5.39. The van der Waals surface area contributed by atoms with E-state index in [1.54, 1.807) is 6.08 Å². The van der Waals surface area contributed by atoms with Crippen molar-refractivity contribution in [3.05, 3.63) is 41.7 Å². The van der Waals surface area contributed by atoms with E-state index in [-0.39, 0.29) is 6.54 Å². The molecule has 0 aliphatic carbocycles. The van der Waals surface area contributed by atoms with Crippen LogP contribution < -0.4 is 10.1 Å². The van der Waals surface area contributed by atoms with Gasteiger partial charge in [-0.05, 0) is 6.92 Å². The maximum Gasteiger partial charge on any atom is 0.207 e. The van der Waals surface area contributed by atoms with Gasteiger partial charge in [-0.1, -0.05) is 6.08 Å². The van der Waals surface area contributed by atoms with Crippen LogP contribution in [0.2, 0.25) is 0 Å². The Morgan fingerprint density at radius 3 is 2.00 bits per heavy atom. The number of benzene rings is 1. The third-order valence-electron chi connectivity index (χ3n) is 2.21. The second-order valence-electron chi connectivity index (χ2n) is 3.77. The van der Waals surface area contributed by atoms with E-state index in [0.29, 0.717) is 6.54 Å². The van der Waals surface area contributed by atoms with E-state index in [2.05, 4.69) is 11.9 Å². The van der Waals surface area contributed by atoms with Crippen molar-refractivity contribution in [1.29, 1.82) is 0 Å². The average Bonchev–Trinajstić information content (AvgIpc) is 2.39. The van der Waals surface area contributed by atoms with Gasteiger partial charge in [-0.2, -0.15) is 8.78 Å². The lowest BCUT2D eigenvalue weighted by atomic mass is 10.2. The topological polar surface area (TPSA) is 21.3 Å². The summed E-state index contributed by atoms with van der Waals surface area (Å²) in [7, 11) is 0. The fraction of sp³-hybridized carbons (Fsp3) is 0.333. The predicted molar refractivity (Wildman–Crippen MR) is 59.4 cm³/mol. The zero-order valence-corrected chi connectivity index (χ0v) is 10.1. The molecule has 0 amide bonds. The summed E-state index contributed by atoms with van der Waals surface area (Å²) in [5.41, 5.74) is 0. The molecule has 19 heavy (non-hydrogen) atoms. The van der Waals surface area contributed by atoms with E-state index in [4.69, 9.17) is 4.74 Å². The minimum absolute atomic E-state index is 0.158. The number of rotatable bonds is 6. The second-order valence-corrected chi connectivity index (χ2v) is 3.77. The van der Waals surface area contributed by atoms with Crippen LogP contribution in [0.15, 0.2) is 12.7 Å². The Balaban J connectivity index is 2.92. The Bertz CT molecular complexity index is 449.